The van der Waals surface area contributed by atoms with Crippen LogP contribution in [0.15, 0.2) is 24.3 Å². The molecule has 0 aliphatic carbocycles. The van der Waals surface area contributed by atoms with E-state index < -0.39 is 15.8 Å². The molecule has 1 heterocycles. The molecule has 0 aromatic heterocycles. The summed E-state index contributed by atoms with van der Waals surface area (Å²) in [7, 11) is -3.01. The van der Waals surface area contributed by atoms with E-state index in [0.29, 0.717) is 18.7 Å². The van der Waals surface area contributed by atoms with Gasteiger partial charge < -0.3 is 11.1 Å². The third-order valence-electron chi connectivity index (χ3n) is 3.05. The molecule has 1 saturated heterocycles. The van der Waals surface area contributed by atoms with Crippen molar-refractivity contribution in [1.29, 1.82) is 0 Å². The molecule has 0 bridgehead atoms. The number of carbonyl (C=O) groups is 1. The molecule has 1 unspecified atom stereocenters. The number of carbonyl (C=O) groups excluding carboxylic acids is 1. The average Bonchev–Trinajstić information content (AvgIpc) is 2.69. The number of nitrogens with two attached hydrogens (primary N) is 1. The first-order valence-corrected chi connectivity index (χ1v) is 7.61. The van der Waals surface area contributed by atoms with Crippen LogP contribution in [-0.4, -0.2) is 25.8 Å². The molecule has 1 aliphatic heterocycles. The Morgan fingerprint density at radius 2 is 2.00 bits per heavy atom. The van der Waals surface area contributed by atoms with E-state index in [-0.39, 0.29) is 17.4 Å². The second-order valence-electron chi connectivity index (χ2n) is 4.56. The standard InChI is InChI=1S/C12H16N2O3S/c13-11-3-1-9(2-4-11)7-14-12(15)10-5-6-18(16,17)8-10/h1-4,10H,5-8,13H2,(H,14,15). The Hall–Kier alpha value is -1.56. The number of amides is 1. The molecule has 18 heavy (non-hydrogen) atoms. The Morgan fingerprint density at radius 3 is 2.56 bits per heavy atom. The van der Waals surface area contributed by atoms with Gasteiger partial charge in [0.25, 0.3) is 0 Å². The van der Waals surface area contributed by atoms with E-state index >= 15 is 0 Å². The first-order chi connectivity index (χ1) is 8.46. The molecule has 5 nitrogen and oxygen atoms in total. The van der Waals surface area contributed by atoms with Crippen molar-refractivity contribution in [1.82, 2.24) is 5.32 Å². The third kappa shape index (κ3) is 3.22. The first kappa shape index (κ1) is 12.9. The Labute approximate surface area is 106 Å². The van der Waals surface area contributed by atoms with Crippen molar-refractivity contribution >= 4 is 21.4 Å². The lowest BCUT2D eigenvalue weighted by Crippen LogP contribution is -2.30. The maximum Gasteiger partial charge on any atom is 0.224 e. The number of nitrogen functional groups attached to an aromatic ring is 1. The van der Waals surface area contributed by atoms with Gasteiger partial charge in [-0.05, 0) is 24.1 Å². The van der Waals surface area contributed by atoms with Crippen molar-refractivity contribution in [3.8, 4) is 0 Å². The van der Waals surface area contributed by atoms with E-state index in [1.165, 1.54) is 0 Å². The zero-order chi connectivity index (χ0) is 13.2. The van der Waals surface area contributed by atoms with Gasteiger partial charge in [-0.15, -0.1) is 0 Å². The van der Waals surface area contributed by atoms with E-state index in [1.807, 2.05) is 12.1 Å². The summed E-state index contributed by atoms with van der Waals surface area (Å²) < 4.78 is 22.5. The monoisotopic (exact) mass is 268 g/mol. The lowest BCUT2D eigenvalue weighted by Gasteiger charge is -2.09. The van der Waals surface area contributed by atoms with Gasteiger partial charge in [0.2, 0.25) is 5.91 Å². The summed E-state index contributed by atoms with van der Waals surface area (Å²) in [6, 6.07) is 7.20. The van der Waals surface area contributed by atoms with Gasteiger partial charge in [0.05, 0.1) is 17.4 Å². The van der Waals surface area contributed by atoms with Gasteiger partial charge in [-0.1, -0.05) is 12.1 Å². The molecule has 1 fully saturated rings. The molecule has 6 heteroatoms. The summed E-state index contributed by atoms with van der Waals surface area (Å²) in [5.74, 6) is -0.496. The van der Waals surface area contributed by atoms with Gasteiger partial charge >= 0.3 is 0 Å². The Bertz CT molecular complexity index is 537. The average molecular weight is 268 g/mol. The lowest BCUT2D eigenvalue weighted by molar-refractivity contribution is -0.124. The summed E-state index contributed by atoms with van der Waals surface area (Å²) in [5.41, 5.74) is 7.17. The Kier molecular flexibility index (Phi) is 3.56. The molecule has 0 radical (unpaired) electrons. The lowest BCUT2D eigenvalue weighted by atomic mass is 10.1. The molecule has 1 atom stereocenters. The second-order valence-corrected chi connectivity index (χ2v) is 6.79. The molecule has 98 valence electrons. The summed E-state index contributed by atoms with van der Waals surface area (Å²) in [5, 5.41) is 2.75. The van der Waals surface area contributed by atoms with Crippen molar-refractivity contribution in [2.75, 3.05) is 17.2 Å². The van der Waals surface area contributed by atoms with E-state index in [9.17, 15) is 13.2 Å². The maximum atomic E-state index is 11.8. The molecule has 1 amide bonds. The van der Waals surface area contributed by atoms with E-state index in [2.05, 4.69) is 5.32 Å². The van der Waals surface area contributed by atoms with Crippen LogP contribution in [0.2, 0.25) is 0 Å². The van der Waals surface area contributed by atoms with E-state index in [1.54, 1.807) is 12.1 Å². The normalized spacial score (nSPS) is 21.7. The van der Waals surface area contributed by atoms with Gasteiger partial charge in [0, 0.05) is 12.2 Å². The summed E-state index contributed by atoms with van der Waals surface area (Å²) in [6.07, 6.45) is 0.426. The number of benzene rings is 1. The zero-order valence-corrected chi connectivity index (χ0v) is 10.7. The van der Waals surface area contributed by atoms with Gasteiger partial charge in [0.1, 0.15) is 0 Å². The number of nitrogens with one attached hydrogen (secondary N) is 1. The van der Waals surface area contributed by atoms with Gasteiger partial charge in [0.15, 0.2) is 9.84 Å². The number of hydrogen-bond acceptors (Lipinski definition) is 4. The molecular weight excluding hydrogens is 252 g/mol. The quantitative estimate of drug-likeness (QED) is 0.773. The van der Waals surface area contributed by atoms with Crippen molar-refractivity contribution < 1.29 is 13.2 Å². The zero-order valence-electron chi connectivity index (χ0n) is 9.93. The third-order valence-corrected chi connectivity index (χ3v) is 4.82. The minimum atomic E-state index is -3.01. The fourth-order valence-corrected chi connectivity index (χ4v) is 3.71. The molecule has 2 rings (SSSR count). The largest absolute Gasteiger partial charge is 0.399 e. The minimum absolute atomic E-state index is 0.0272. The number of rotatable bonds is 3. The predicted molar refractivity (Wildman–Crippen MR) is 69.5 cm³/mol. The van der Waals surface area contributed by atoms with Crippen LogP contribution in [0.1, 0.15) is 12.0 Å². The van der Waals surface area contributed by atoms with Crippen LogP contribution in [0.3, 0.4) is 0 Å². The highest BCUT2D eigenvalue weighted by atomic mass is 32.2. The molecule has 1 aromatic carbocycles. The minimum Gasteiger partial charge on any atom is -0.399 e. The molecule has 0 spiro atoms. The van der Waals surface area contributed by atoms with E-state index in [4.69, 9.17) is 5.73 Å². The molecule has 1 aromatic rings. The number of sulfone groups is 1. The van der Waals surface area contributed by atoms with Crippen molar-refractivity contribution in [2.45, 2.75) is 13.0 Å². The van der Waals surface area contributed by atoms with Crippen LogP contribution in [0.25, 0.3) is 0 Å². The number of anilines is 1. The van der Waals surface area contributed by atoms with Gasteiger partial charge in [-0.3, -0.25) is 4.79 Å². The summed E-state index contributed by atoms with van der Waals surface area (Å²) >= 11 is 0. The second kappa shape index (κ2) is 4.97. The van der Waals surface area contributed by atoms with Crippen molar-refractivity contribution in [3.05, 3.63) is 29.8 Å². The fourth-order valence-electron chi connectivity index (χ4n) is 1.97. The molecule has 0 saturated carbocycles. The van der Waals surface area contributed by atoms with Crippen LogP contribution < -0.4 is 11.1 Å². The SMILES string of the molecule is Nc1ccc(CNC(=O)C2CCS(=O)(=O)C2)cc1. The topological polar surface area (TPSA) is 89.3 Å². The highest BCUT2D eigenvalue weighted by Gasteiger charge is 2.32. The van der Waals surface area contributed by atoms with Crippen molar-refractivity contribution in [3.63, 3.8) is 0 Å². The molecule has 1 aliphatic rings. The molecular formula is C12H16N2O3S. The van der Waals surface area contributed by atoms with Crippen LogP contribution >= 0.6 is 0 Å². The first-order valence-electron chi connectivity index (χ1n) is 5.79. The fraction of sp³-hybridized carbons (Fsp3) is 0.417. The Balaban J connectivity index is 1.87. The van der Waals surface area contributed by atoms with Crippen LogP contribution in [-0.2, 0) is 21.2 Å². The summed E-state index contributed by atoms with van der Waals surface area (Å²) in [6.45, 7) is 0.398. The molecule has 3 N–H and O–H groups in total. The smallest absolute Gasteiger partial charge is 0.224 e. The number of hydrogen-bond donors (Lipinski definition) is 2. The van der Waals surface area contributed by atoms with Crippen LogP contribution in [0, 0.1) is 5.92 Å². The van der Waals surface area contributed by atoms with Gasteiger partial charge in [-0.25, -0.2) is 8.42 Å². The van der Waals surface area contributed by atoms with Crippen LogP contribution in [0.5, 0.6) is 0 Å². The Morgan fingerprint density at radius 1 is 1.33 bits per heavy atom. The predicted octanol–water partition coefficient (Wildman–Crippen LogP) is 0.320. The maximum absolute atomic E-state index is 11.8. The van der Waals surface area contributed by atoms with Crippen molar-refractivity contribution in [2.24, 2.45) is 5.92 Å². The highest BCUT2D eigenvalue weighted by molar-refractivity contribution is 7.91. The highest BCUT2D eigenvalue weighted by Crippen LogP contribution is 2.18. The van der Waals surface area contributed by atoms with Gasteiger partial charge in [-0.2, -0.15) is 0 Å². The summed E-state index contributed by atoms with van der Waals surface area (Å²) in [4.78, 5) is 11.8. The van der Waals surface area contributed by atoms with Crippen LogP contribution in [0.4, 0.5) is 5.69 Å². The van der Waals surface area contributed by atoms with E-state index in [0.717, 1.165) is 5.56 Å².